The highest BCUT2D eigenvalue weighted by Crippen LogP contribution is 2.33. The van der Waals surface area contributed by atoms with Crippen LogP contribution in [-0.4, -0.2) is 0 Å². The lowest BCUT2D eigenvalue weighted by Crippen LogP contribution is -1.92. The molecule has 0 heterocycles. The molecule has 2 aliphatic carbocycles. The molecular formula is C29H48. The number of unbranched alkanes of at least 4 members (excludes halogenated alkanes) is 17. The smallest absolute Gasteiger partial charge is 0.0157 e. The van der Waals surface area contributed by atoms with E-state index in [2.05, 4.69) is 37.3 Å². The van der Waals surface area contributed by atoms with Crippen molar-refractivity contribution >= 4 is 0 Å². The number of fused-ring (bicyclic) bond motifs is 1. The van der Waals surface area contributed by atoms with Crippen molar-refractivity contribution in [2.75, 3.05) is 0 Å². The molecule has 0 aromatic heterocycles. The lowest BCUT2D eigenvalue weighted by molar-refractivity contribution is 0.525. The van der Waals surface area contributed by atoms with Gasteiger partial charge in [-0.1, -0.05) is 146 Å². The van der Waals surface area contributed by atoms with Gasteiger partial charge in [-0.25, -0.2) is 0 Å². The zero-order chi connectivity index (χ0) is 20.4. The minimum absolute atomic E-state index is 1.11. The van der Waals surface area contributed by atoms with E-state index in [9.17, 15) is 0 Å². The largest absolute Gasteiger partial charge is 0.0801 e. The molecule has 0 N–H and O–H groups in total. The van der Waals surface area contributed by atoms with E-state index in [4.69, 9.17) is 0 Å². The van der Waals surface area contributed by atoms with Gasteiger partial charge in [-0.05, 0) is 36.0 Å². The van der Waals surface area contributed by atoms with Crippen LogP contribution in [0.25, 0.3) is 0 Å². The third kappa shape index (κ3) is 11.1. The lowest BCUT2D eigenvalue weighted by Gasteiger charge is -2.11. The van der Waals surface area contributed by atoms with Gasteiger partial charge >= 0.3 is 0 Å². The zero-order valence-corrected chi connectivity index (χ0v) is 19.5. The van der Waals surface area contributed by atoms with E-state index in [1.54, 1.807) is 5.57 Å². The minimum Gasteiger partial charge on any atom is -0.0801 e. The third-order valence-electron chi connectivity index (χ3n) is 6.68. The van der Waals surface area contributed by atoms with Crippen LogP contribution < -0.4 is 0 Å². The highest BCUT2D eigenvalue weighted by molar-refractivity contribution is 5.60. The van der Waals surface area contributed by atoms with E-state index in [-0.39, 0.29) is 0 Å². The van der Waals surface area contributed by atoms with E-state index in [1.807, 2.05) is 0 Å². The van der Waals surface area contributed by atoms with Crippen molar-refractivity contribution in [3.8, 4) is 0 Å². The summed E-state index contributed by atoms with van der Waals surface area (Å²) in [5.41, 5.74) is 4.55. The van der Waals surface area contributed by atoms with Gasteiger partial charge in [-0.3, -0.25) is 0 Å². The summed E-state index contributed by atoms with van der Waals surface area (Å²) in [7, 11) is 0. The quantitative estimate of drug-likeness (QED) is 0.190. The summed E-state index contributed by atoms with van der Waals surface area (Å²) in [6.07, 6.45) is 40.1. The van der Waals surface area contributed by atoms with Crippen molar-refractivity contribution in [3.05, 3.63) is 47.1 Å². The Kier molecular flexibility index (Phi) is 14.0. The Morgan fingerprint density at radius 3 is 1.59 bits per heavy atom. The van der Waals surface area contributed by atoms with Crippen molar-refractivity contribution in [3.63, 3.8) is 0 Å². The van der Waals surface area contributed by atoms with Crippen molar-refractivity contribution < 1.29 is 0 Å². The molecule has 0 aromatic carbocycles. The first-order valence-corrected chi connectivity index (χ1v) is 13.2. The molecule has 0 fully saturated rings. The number of allylic oxidation sites excluding steroid dienone is 8. The van der Waals surface area contributed by atoms with Gasteiger partial charge in [0, 0.05) is 0 Å². The molecule has 0 nitrogen and oxygen atoms in total. The Morgan fingerprint density at radius 1 is 0.586 bits per heavy atom. The Balaban J connectivity index is 1.27. The van der Waals surface area contributed by atoms with Crippen LogP contribution in [0.1, 0.15) is 135 Å². The van der Waals surface area contributed by atoms with Crippen LogP contribution in [0.4, 0.5) is 0 Å². The first-order valence-electron chi connectivity index (χ1n) is 13.2. The van der Waals surface area contributed by atoms with Gasteiger partial charge in [0.2, 0.25) is 0 Å². The molecule has 0 spiro atoms. The van der Waals surface area contributed by atoms with Crippen LogP contribution in [-0.2, 0) is 0 Å². The van der Waals surface area contributed by atoms with E-state index in [1.165, 1.54) is 133 Å². The van der Waals surface area contributed by atoms with Crippen molar-refractivity contribution in [2.45, 2.75) is 135 Å². The number of hydrogen-bond acceptors (Lipinski definition) is 0. The fourth-order valence-corrected chi connectivity index (χ4v) is 4.77. The van der Waals surface area contributed by atoms with Crippen molar-refractivity contribution in [1.82, 2.24) is 0 Å². The summed E-state index contributed by atoms with van der Waals surface area (Å²) in [4.78, 5) is 0. The summed E-state index contributed by atoms with van der Waals surface area (Å²) < 4.78 is 0. The minimum atomic E-state index is 1.11. The van der Waals surface area contributed by atoms with Gasteiger partial charge in [0.1, 0.15) is 0 Å². The van der Waals surface area contributed by atoms with Crippen LogP contribution in [0.3, 0.4) is 0 Å². The summed E-state index contributed by atoms with van der Waals surface area (Å²) in [6.45, 7) is 2.30. The standard InChI is InChI=1S/C29H48/c1-2-3-4-5-6-7-8-9-10-11-12-13-14-15-16-17-18-19-22-27-25-26-28-23-20-21-24-29(27)28/h20,23-26H,2-19,21-22H2,1H3. The summed E-state index contributed by atoms with van der Waals surface area (Å²) in [6, 6.07) is 0. The van der Waals surface area contributed by atoms with Gasteiger partial charge in [0.25, 0.3) is 0 Å². The normalized spacial score (nSPS) is 15.3. The SMILES string of the molecule is CCCCCCCCCCCCCCCCCCCCC1=CC=C2C=CCC=C21. The van der Waals surface area contributed by atoms with Gasteiger partial charge in [0.05, 0.1) is 0 Å². The topological polar surface area (TPSA) is 0 Å². The maximum atomic E-state index is 2.40. The molecule has 0 saturated carbocycles. The Morgan fingerprint density at radius 2 is 1.07 bits per heavy atom. The van der Waals surface area contributed by atoms with Crippen LogP contribution >= 0.6 is 0 Å². The summed E-state index contributed by atoms with van der Waals surface area (Å²) in [5.74, 6) is 0. The molecule has 2 aliphatic rings. The zero-order valence-electron chi connectivity index (χ0n) is 19.5. The molecule has 164 valence electrons. The summed E-state index contributed by atoms with van der Waals surface area (Å²) in [5, 5.41) is 0. The lowest BCUT2D eigenvalue weighted by atomic mass is 9.94. The van der Waals surface area contributed by atoms with E-state index >= 15 is 0 Å². The molecule has 29 heavy (non-hydrogen) atoms. The molecule has 0 amide bonds. The predicted octanol–water partition coefficient (Wildman–Crippen LogP) is 10.2. The molecule has 0 saturated heterocycles. The van der Waals surface area contributed by atoms with Gasteiger partial charge in [-0.15, -0.1) is 0 Å². The molecule has 0 radical (unpaired) electrons. The molecule has 0 aromatic rings. The average molecular weight is 397 g/mol. The first kappa shape index (κ1) is 24.2. The van der Waals surface area contributed by atoms with Gasteiger partial charge < -0.3 is 0 Å². The maximum absolute atomic E-state index is 2.40. The second-order valence-corrected chi connectivity index (χ2v) is 9.33. The van der Waals surface area contributed by atoms with E-state index in [0.717, 1.165) is 6.42 Å². The Bertz CT molecular complexity index is 528. The van der Waals surface area contributed by atoms with Crippen LogP contribution in [0.15, 0.2) is 47.1 Å². The summed E-state index contributed by atoms with van der Waals surface area (Å²) >= 11 is 0. The highest BCUT2D eigenvalue weighted by Gasteiger charge is 2.14. The number of rotatable bonds is 19. The molecular weight excluding hydrogens is 348 g/mol. The highest BCUT2D eigenvalue weighted by atomic mass is 14.2. The van der Waals surface area contributed by atoms with E-state index < -0.39 is 0 Å². The molecule has 0 aliphatic heterocycles. The fraction of sp³-hybridized carbons (Fsp3) is 0.724. The molecule has 0 bridgehead atoms. The third-order valence-corrected chi connectivity index (χ3v) is 6.68. The van der Waals surface area contributed by atoms with Crippen LogP contribution in [0.2, 0.25) is 0 Å². The van der Waals surface area contributed by atoms with Crippen molar-refractivity contribution in [1.29, 1.82) is 0 Å². The monoisotopic (exact) mass is 396 g/mol. The van der Waals surface area contributed by atoms with Crippen LogP contribution in [0.5, 0.6) is 0 Å². The Labute approximate surface area is 182 Å². The predicted molar refractivity (Wildman–Crippen MR) is 131 cm³/mol. The Hall–Kier alpha value is -1.04. The number of hydrogen-bond donors (Lipinski definition) is 0. The second-order valence-electron chi connectivity index (χ2n) is 9.33. The molecule has 0 heteroatoms. The average Bonchev–Trinajstić information content (AvgIpc) is 3.16. The maximum Gasteiger partial charge on any atom is -0.0157 e. The van der Waals surface area contributed by atoms with Gasteiger partial charge in [0.15, 0.2) is 0 Å². The van der Waals surface area contributed by atoms with Crippen molar-refractivity contribution in [2.24, 2.45) is 0 Å². The second kappa shape index (κ2) is 16.7. The molecule has 0 atom stereocenters. The fourth-order valence-electron chi connectivity index (χ4n) is 4.77. The first-order chi connectivity index (χ1) is 14.4. The van der Waals surface area contributed by atoms with E-state index in [0.29, 0.717) is 0 Å². The molecule has 2 rings (SSSR count). The van der Waals surface area contributed by atoms with Gasteiger partial charge in [-0.2, -0.15) is 0 Å². The molecule has 0 unspecified atom stereocenters. The van der Waals surface area contributed by atoms with Crippen LogP contribution in [0, 0.1) is 0 Å².